The molecule has 2 amide bonds. The molecular weight excluding hydrogens is 396 g/mol. The molecule has 31 heavy (non-hydrogen) atoms. The normalized spacial score (nSPS) is 28.2. The zero-order valence-electron chi connectivity index (χ0n) is 18.7. The fourth-order valence-corrected chi connectivity index (χ4v) is 5.38. The fraction of sp³-hybridized carbons (Fsp3) is 0.667. The van der Waals surface area contributed by atoms with Gasteiger partial charge in [0.05, 0.1) is 18.2 Å². The maximum Gasteiger partial charge on any atom is 0.222 e. The van der Waals surface area contributed by atoms with Gasteiger partial charge in [0.2, 0.25) is 11.8 Å². The molecule has 3 aliphatic rings. The number of rotatable bonds is 6. The third-order valence-electron chi connectivity index (χ3n) is 7.02. The summed E-state index contributed by atoms with van der Waals surface area (Å²) in [5.41, 5.74) is 0.411. The Morgan fingerprint density at radius 3 is 2.84 bits per heavy atom. The third-order valence-corrected chi connectivity index (χ3v) is 7.02. The molecule has 3 heterocycles. The average molecular weight is 431 g/mol. The molecule has 2 N–H and O–H groups in total. The van der Waals surface area contributed by atoms with Gasteiger partial charge < -0.3 is 24.8 Å². The molecule has 0 aliphatic carbocycles. The molecule has 0 radical (unpaired) electrons. The standard InChI is InChI=1S/C24H34N2O5/c1-15(27)25-12-6-4-5-10-21(29)26-13-11-20-18(26)14-17-22(30-20)16-8-7-9-19(28)23(16)31-24(17,2)3/h7-9,17-18,20,22,28H,4-6,10-14H2,1-3H3,(H,25,27)/t17-,18-,20-,22+/m1/s1. The lowest BCUT2D eigenvalue weighted by atomic mass is 9.74. The van der Waals surface area contributed by atoms with Gasteiger partial charge in [-0.1, -0.05) is 18.6 Å². The topological polar surface area (TPSA) is 88.1 Å². The predicted octanol–water partition coefficient (Wildman–Crippen LogP) is 3.31. The molecule has 7 heteroatoms. The van der Waals surface area contributed by atoms with E-state index in [2.05, 4.69) is 5.32 Å². The quantitative estimate of drug-likeness (QED) is 0.676. The van der Waals surface area contributed by atoms with E-state index in [9.17, 15) is 14.7 Å². The van der Waals surface area contributed by atoms with E-state index < -0.39 is 5.60 Å². The number of amides is 2. The second-order valence-electron chi connectivity index (χ2n) is 9.58. The number of para-hydroxylation sites is 1. The van der Waals surface area contributed by atoms with Gasteiger partial charge >= 0.3 is 0 Å². The van der Waals surface area contributed by atoms with E-state index in [4.69, 9.17) is 9.47 Å². The van der Waals surface area contributed by atoms with Crippen molar-refractivity contribution in [3.63, 3.8) is 0 Å². The summed E-state index contributed by atoms with van der Waals surface area (Å²) in [6.45, 7) is 7.00. The van der Waals surface area contributed by atoms with E-state index in [1.807, 2.05) is 30.9 Å². The minimum Gasteiger partial charge on any atom is -0.504 e. The largest absolute Gasteiger partial charge is 0.504 e. The zero-order valence-corrected chi connectivity index (χ0v) is 18.7. The average Bonchev–Trinajstić information content (AvgIpc) is 3.13. The number of phenolic OH excluding ortho intramolecular Hbond substituents is 1. The highest BCUT2D eigenvalue weighted by molar-refractivity contribution is 5.77. The number of nitrogens with zero attached hydrogens (tertiary/aromatic N) is 1. The Hall–Kier alpha value is -2.28. The Labute approximate surface area is 184 Å². The van der Waals surface area contributed by atoms with Crippen LogP contribution in [0.4, 0.5) is 0 Å². The third kappa shape index (κ3) is 4.38. The van der Waals surface area contributed by atoms with E-state index in [1.54, 1.807) is 6.07 Å². The summed E-state index contributed by atoms with van der Waals surface area (Å²) in [5.74, 6) is 0.965. The number of phenols is 1. The van der Waals surface area contributed by atoms with E-state index in [-0.39, 0.29) is 41.7 Å². The summed E-state index contributed by atoms with van der Waals surface area (Å²) in [6.07, 6.45) is 4.77. The molecule has 4 atom stereocenters. The molecule has 0 saturated carbocycles. The van der Waals surface area contributed by atoms with Crippen molar-refractivity contribution < 1.29 is 24.2 Å². The Bertz CT molecular complexity index is 839. The summed E-state index contributed by atoms with van der Waals surface area (Å²) < 4.78 is 12.8. The maximum atomic E-state index is 12.9. The van der Waals surface area contributed by atoms with Gasteiger partial charge in [-0.2, -0.15) is 0 Å². The molecule has 0 unspecified atom stereocenters. The first-order valence-electron chi connectivity index (χ1n) is 11.5. The molecule has 170 valence electrons. The number of carbonyl (C=O) groups excluding carboxylic acids is 2. The maximum absolute atomic E-state index is 12.9. The van der Waals surface area contributed by atoms with Crippen molar-refractivity contribution in [1.82, 2.24) is 10.2 Å². The van der Waals surface area contributed by atoms with E-state index in [1.165, 1.54) is 6.92 Å². The van der Waals surface area contributed by atoms with Crippen molar-refractivity contribution in [2.45, 2.75) is 83.1 Å². The monoisotopic (exact) mass is 430 g/mol. The lowest BCUT2D eigenvalue weighted by Gasteiger charge is -2.50. The number of unbranched alkanes of at least 4 members (excludes halogenated alkanes) is 2. The molecule has 0 aromatic heterocycles. The minimum absolute atomic E-state index is 0.0118. The van der Waals surface area contributed by atoms with Crippen LogP contribution in [0.3, 0.4) is 0 Å². The Morgan fingerprint density at radius 1 is 1.26 bits per heavy atom. The summed E-state index contributed by atoms with van der Waals surface area (Å²) in [7, 11) is 0. The number of fused-ring (bicyclic) bond motifs is 4. The molecule has 0 spiro atoms. The molecule has 0 bridgehead atoms. The van der Waals surface area contributed by atoms with Crippen LogP contribution in [0.15, 0.2) is 18.2 Å². The van der Waals surface area contributed by atoms with Crippen LogP contribution in [0.2, 0.25) is 0 Å². The van der Waals surface area contributed by atoms with E-state index in [0.29, 0.717) is 18.7 Å². The molecule has 1 aromatic carbocycles. The number of aromatic hydroxyl groups is 1. The summed E-state index contributed by atoms with van der Waals surface area (Å²) in [4.78, 5) is 25.9. The highest BCUT2D eigenvalue weighted by atomic mass is 16.5. The highest BCUT2D eigenvalue weighted by Crippen LogP contribution is 2.54. The van der Waals surface area contributed by atoms with Gasteiger partial charge in [-0.15, -0.1) is 0 Å². The molecule has 2 saturated heterocycles. The van der Waals surface area contributed by atoms with Gasteiger partial charge in [0.1, 0.15) is 5.60 Å². The van der Waals surface area contributed by atoms with Crippen molar-refractivity contribution in [2.75, 3.05) is 13.1 Å². The van der Waals surface area contributed by atoms with Crippen LogP contribution < -0.4 is 10.1 Å². The van der Waals surface area contributed by atoms with Crippen LogP contribution in [-0.4, -0.2) is 52.7 Å². The van der Waals surface area contributed by atoms with Crippen molar-refractivity contribution >= 4 is 11.8 Å². The molecular formula is C24H34N2O5. The van der Waals surface area contributed by atoms with Crippen LogP contribution in [0.5, 0.6) is 11.5 Å². The number of ether oxygens (including phenoxy) is 2. The fourth-order valence-electron chi connectivity index (χ4n) is 5.38. The van der Waals surface area contributed by atoms with Crippen LogP contribution in [-0.2, 0) is 14.3 Å². The Morgan fingerprint density at radius 2 is 2.06 bits per heavy atom. The number of nitrogens with one attached hydrogen (secondary N) is 1. The van der Waals surface area contributed by atoms with Gasteiger partial charge in [0.25, 0.3) is 0 Å². The zero-order chi connectivity index (χ0) is 22.2. The van der Waals surface area contributed by atoms with Crippen LogP contribution >= 0.6 is 0 Å². The molecule has 2 fully saturated rings. The predicted molar refractivity (Wildman–Crippen MR) is 116 cm³/mol. The van der Waals surface area contributed by atoms with E-state index >= 15 is 0 Å². The van der Waals surface area contributed by atoms with Gasteiger partial charge in [0, 0.05) is 37.9 Å². The smallest absolute Gasteiger partial charge is 0.222 e. The summed E-state index contributed by atoms with van der Waals surface area (Å²) in [5, 5.41) is 13.1. The van der Waals surface area contributed by atoms with Crippen molar-refractivity contribution in [3.8, 4) is 11.5 Å². The number of likely N-dealkylation sites (tertiary alicyclic amines) is 1. The van der Waals surface area contributed by atoms with Crippen LogP contribution in [0.25, 0.3) is 0 Å². The first-order chi connectivity index (χ1) is 14.8. The second-order valence-corrected chi connectivity index (χ2v) is 9.58. The van der Waals surface area contributed by atoms with Gasteiger partial charge in [-0.3, -0.25) is 9.59 Å². The van der Waals surface area contributed by atoms with Crippen LogP contribution in [0.1, 0.15) is 71.0 Å². The number of benzene rings is 1. The Balaban J connectivity index is 1.39. The highest BCUT2D eigenvalue weighted by Gasteiger charge is 2.54. The number of hydrogen-bond acceptors (Lipinski definition) is 5. The lowest BCUT2D eigenvalue weighted by molar-refractivity contribution is -0.168. The first kappa shape index (κ1) is 21.9. The van der Waals surface area contributed by atoms with Gasteiger partial charge in [-0.25, -0.2) is 0 Å². The van der Waals surface area contributed by atoms with E-state index in [0.717, 1.165) is 44.2 Å². The molecule has 3 aliphatic heterocycles. The lowest BCUT2D eigenvalue weighted by Crippen LogP contribution is -2.54. The number of hydrogen-bond donors (Lipinski definition) is 2. The molecule has 4 rings (SSSR count). The van der Waals surface area contributed by atoms with Gasteiger partial charge in [0.15, 0.2) is 11.5 Å². The van der Waals surface area contributed by atoms with Crippen molar-refractivity contribution in [2.24, 2.45) is 5.92 Å². The molecule has 7 nitrogen and oxygen atoms in total. The summed E-state index contributed by atoms with van der Waals surface area (Å²) >= 11 is 0. The van der Waals surface area contributed by atoms with Crippen molar-refractivity contribution in [3.05, 3.63) is 23.8 Å². The SMILES string of the molecule is CC(=O)NCCCCCC(=O)N1CC[C@H]2O[C@H]3c4cccc(O)c4OC(C)(C)[C@@H]3C[C@H]21. The number of carbonyl (C=O) groups is 2. The summed E-state index contributed by atoms with van der Waals surface area (Å²) in [6, 6.07) is 5.53. The second kappa shape index (κ2) is 8.69. The van der Waals surface area contributed by atoms with Crippen molar-refractivity contribution in [1.29, 1.82) is 0 Å². The Kier molecular flexibility index (Phi) is 6.15. The van der Waals surface area contributed by atoms with Gasteiger partial charge in [-0.05, 0) is 45.6 Å². The molecule has 1 aromatic rings. The minimum atomic E-state index is -0.498. The van der Waals surface area contributed by atoms with Crippen LogP contribution in [0, 0.1) is 5.92 Å². The first-order valence-corrected chi connectivity index (χ1v) is 11.5.